The molecular weight excluding hydrogens is 400 g/mol. The lowest BCUT2D eigenvalue weighted by Crippen LogP contribution is -2.49. The Balaban J connectivity index is 1.63. The number of carbonyl (C=O) groups is 2. The van der Waals surface area contributed by atoms with Gasteiger partial charge < -0.3 is 10.6 Å². The van der Waals surface area contributed by atoms with Crippen LogP contribution >= 0.6 is 11.6 Å². The normalized spacial score (nSPS) is 16.0. The molecule has 6 nitrogen and oxygen atoms in total. The Kier molecular flexibility index (Phi) is 5.77. The van der Waals surface area contributed by atoms with Gasteiger partial charge in [0, 0.05) is 16.4 Å². The van der Waals surface area contributed by atoms with Crippen molar-refractivity contribution < 1.29 is 9.59 Å². The number of amides is 2. The quantitative estimate of drug-likeness (QED) is 0.652. The standard InChI is InChI=1S/C23H19ClN4O2/c24-16-11-13-18(14-12-16)25-22(30)20-15-21(29)28(19-9-5-2-6-10-19)23(27-20)26-17-7-3-1-4-8-17/h1-14,20H,15H2,(H,25,30)(H,26,27). The molecule has 0 saturated carbocycles. The Morgan fingerprint density at radius 3 is 2.20 bits per heavy atom. The number of guanidine groups is 1. The summed E-state index contributed by atoms with van der Waals surface area (Å²) in [4.78, 5) is 31.9. The maximum Gasteiger partial charge on any atom is 0.249 e. The second-order valence-electron chi connectivity index (χ2n) is 6.72. The van der Waals surface area contributed by atoms with Gasteiger partial charge in [0.2, 0.25) is 17.8 Å². The van der Waals surface area contributed by atoms with Crippen molar-refractivity contribution in [1.29, 1.82) is 0 Å². The summed E-state index contributed by atoms with van der Waals surface area (Å²) < 4.78 is 0. The molecule has 1 aliphatic rings. The number of rotatable bonds is 4. The van der Waals surface area contributed by atoms with Crippen LogP contribution in [0.1, 0.15) is 6.42 Å². The van der Waals surface area contributed by atoms with Crippen molar-refractivity contribution in [3.8, 4) is 0 Å². The molecule has 30 heavy (non-hydrogen) atoms. The van der Waals surface area contributed by atoms with Crippen LogP contribution in [0.25, 0.3) is 0 Å². The third-order valence-corrected chi connectivity index (χ3v) is 4.82. The van der Waals surface area contributed by atoms with Gasteiger partial charge in [-0.2, -0.15) is 0 Å². The molecule has 1 heterocycles. The predicted molar refractivity (Wildman–Crippen MR) is 120 cm³/mol. The highest BCUT2D eigenvalue weighted by Crippen LogP contribution is 2.23. The minimum atomic E-state index is -0.848. The number of aliphatic imine (C=N–C) groups is 1. The number of anilines is 3. The molecule has 0 saturated heterocycles. The number of benzene rings is 3. The SMILES string of the molecule is O=C(Nc1ccc(Cl)cc1)C1CC(=O)N(c2ccccc2)C(Nc2ccccc2)=N1. The van der Waals surface area contributed by atoms with Gasteiger partial charge in [-0.05, 0) is 48.5 Å². The first kappa shape index (κ1) is 19.7. The molecule has 0 spiro atoms. The Morgan fingerprint density at radius 2 is 1.53 bits per heavy atom. The minimum absolute atomic E-state index is 0.0334. The minimum Gasteiger partial charge on any atom is -0.326 e. The van der Waals surface area contributed by atoms with Gasteiger partial charge in [-0.15, -0.1) is 0 Å². The van der Waals surface area contributed by atoms with Gasteiger partial charge in [0.25, 0.3) is 0 Å². The van der Waals surface area contributed by atoms with Crippen LogP contribution in [0.2, 0.25) is 5.02 Å². The number of hydrogen-bond donors (Lipinski definition) is 2. The molecule has 150 valence electrons. The highest BCUT2D eigenvalue weighted by molar-refractivity contribution is 6.30. The Hall–Kier alpha value is -3.64. The zero-order chi connectivity index (χ0) is 20.9. The van der Waals surface area contributed by atoms with Crippen LogP contribution in [0.5, 0.6) is 0 Å². The predicted octanol–water partition coefficient (Wildman–Crippen LogP) is 4.55. The van der Waals surface area contributed by atoms with E-state index in [9.17, 15) is 9.59 Å². The van der Waals surface area contributed by atoms with Crippen molar-refractivity contribution in [3.05, 3.63) is 90.0 Å². The summed E-state index contributed by atoms with van der Waals surface area (Å²) >= 11 is 5.89. The highest BCUT2D eigenvalue weighted by Gasteiger charge is 2.34. The molecule has 1 aliphatic heterocycles. The summed E-state index contributed by atoms with van der Waals surface area (Å²) in [5.74, 6) is -0.267. The van der Waals surface area contributed by atoms with Gasteiger partial charge in [0.05, 0.1) is 12.1 Å². The Morgan fingerprint density at radius 1 is 0.900 bits per heavy atom. The molecule has 1 atom stereocenters. The van der Waals surface area contributed by atoms with Crippen LogP contribution in [-0.2, 0) is 9.59 Å². The van der Waals surface area contributed by atoms with Crippen LogP contribution < -0.4 is 15.5 Å². The van der Waals surface area contributed by atoms with E-state index in [0.29, 0.717) is 22.4 Å². The molecule has 2 N–H and O–H groups in total. The molecule has 7 heteroatoms. The maximum absolute atomic E-state index is 13.0. The monoisotopic (exact) mass is 418 g/mol. The second-order valence-corrected chi connectivity index (χ2v) is 7.16. The van der Waals surface area contributed by atoms with Crippen molar-refractivity contribution in [3.63, 3.8) is 0 Å². The molecule has 3 aromatic carbocycles. The fourth-order valence-corrected chi connectivity index (χ4v) is 3.24. The van der Waals surface area contributed by atoms with Gasteiger partial charge in [-0.1, -0.05) is 48.0 Å². The first-order chi connectivity index (χ1) is 14.6. The van der Waals surface area contributed by atoms with Crippen molar-refractivity contribution in [2.75, 3.05) is 15.5 Å². The zero-order valence-electron chi connectivity index (χ0n) is 16.0. The molecule has 0 aliphatic carbocycles. The van der Waals surface area contributed by atoms with E-state index in [0.717, 1.165) is 5.69 Å². The lowest BCUT2D eigenvalue weighted by molar-refractivity contribution is -0.123. The number of carbonyl (C=O) groups excluding carboxylic acids is 2. The zero-order valence-corrected chi connectivity index (χ0v) is 16.7. The van der Waals surface area contributed by atoms with Crippen LogP contribution in [0.15, 0.2) is 89.9 Å². The van der Waals surface area contributed by atoms with Crippen LogP contribution in [0.3, 0.4) is 0 Å². The molecule has 3 aromatic rings. The van der Waals surface area contributed by atoms with E-state index in [4.69, 9.17) is 11.6 Å². The van der Waals surface area contributed by atoms with Crippen LogP contribution in [-0.4, -0.2) is 23.8 Å². The van der Waals surface area contributed by atoms with Gasteiger partial charge in [0.1, 0.15) is 6.04 Å². The highest BCUT2D eigenvalue weighted by atomic mass is 35.5. The molecule has 0 radical (unpaired) electrons. The summed E-state index contributed by atoms with van der Waals surface area (Å²) in [7, 11) is 0. The molecular formula is C23H19ClN4O2. The molecule has 0 fully saturated rings. The van der Waals surface area contributed by atoms with Gasteiger partial charge >= 0.3 is 0 Å². The first-order valence-corrected chi connectivity index (χ1v) is 9.82. The van der Waals surface area contributed by atoms with Crippen molar-refractivity contribution in [2.45, 2.75) is 12.5 Å². The van der Waals surface area contributed by atoms with E-state index in [1.807, 2.05) is 60.7 Å². The lowest BCUT2D eigenvalue weighted by atomic mass is 10.1. The smallest absolute Gasteiger partial charge is 0.249 e. The fraction of sp³-hybridized carbons (Fsp3) is 0.0870. The number of nitrogens with one attached hydrogen (secondary N) is 2. The molecule has 2 amide bonds. The summed E-state index contributed by atoms with van der Waals surface area (Å²) in [6.07, 6.45) is -0.0334. The van der Waals surface area contributed by atoms with E-state index in [1.54, 1.807) is 24.3 Å². The average molecular weight is 419 g/mol. The third kappa shape index (κ3) is 4.50. The summed E-state index contributed by atoms with van der Waals surface area (Å²) in [6, 6.07) is 24.6. The fourth-order valence-electron chi connectivity index (χ4n) is 3.12. The maximum atomic E-state index is 13.0. The van der Waals surface area contributed by atoms with Crippen LogP contribution in [0, 0.1) is 0 Å². The Labute approximate surface area is 179 Å². The van der Waals surface area contributed by atoms with Crippen molar-refractivity contribution in [2.24, 2.45) is 4.99 Å². The molecule has 4 rings (SSSR count). The molecule has 0 aromatic heterocycles. The largest absolute Gasteiger partial charge is 0.326 e. The summed E-state index contributed by atoms with van der Waals surface area (Å²) in [5.41, 5.74) is 2.04. The number of halogens is 1. The van der Waals surface area contributed by atoms with E-state index < -0.39 is 6.04 Å². The number of hydrogen-bond acceptors (Lipinski definition) is 4. The third-order valence-electron chi connectivity index (χ3n) is 4.57. The van der Waals surface area contributed by atoms with E-state index in [1.165, 1.54) is 4.90 Å². The van der Waals surface area contributed by atoms with Crippen molar-refractivity contribution >= 4 is 46.4 Å². The lowest BCUT2D eigenvalue weighted by Gasteiger charge is -2.31. The van der Waals surface area contributed by atoms with Crippen LogP contribution in [0.4, 0.5) is 17.1 Å². The number of para-hydroxylation sites is 2. The van der Waals surface area contributed by atoms with E-state index in [2.05, 4.69) is 15.6 Å². The molecule has 0 bridgehead atoms. The van der Waals surface area contributed by atoms with Gasteiger partial charge in [-0.3, -0.25) is 14.5 Å². The second kappa shape index (κ2) is 8.80. The number of nitrogens with zero attached hydrogens (tertiary/aromatic N) is 2. The summed E-state index contributed by atoms with van der Waals surface area (Å²) in [6.45, 7) is 0. The average Bonchev–Trinajstić information content (AvgIpc) is 2.76. The van der Waals surface area contributed by atoms with E-state index >= 15 is 0 Å². The Bertz CT molecular complexity index is 1070. The van der Waals surface area contributed by atoms with E-state index in [-0.39, 0.29) is 18.2 Å². The summed E-state index contributed by atoms with van der Waals surface area (Å²) in [5, 5.41) is 6.54. The van der Waals surface area contributed by atoms with Gasteiger partial charge in [-0.25, -0.2) is 4.99 Å². The molecule has 1 unspecified atom stereocenters. The first-order valence-electron chi connectivity index (χ1n) is 9.44. The van der Waals surface area contributed by atoms with Gasteiger partial charge in [0.15, 0.2) is 0 Å². The topological polar surface area (TPSA) is 73.8 Å². The van der Waals surface area contributed by atoms with Crippen molar-refractivity contribution in [1.82, 2.24) is 0 Å².